The molecule has 3 aliphatic heterocycles. The molecule has 20 heavy (non-hydrogen) atoms. The summed E-state index contributed by atoms with van der Waals surface area (Å²) in [6.45, 7) is 6.31. The van der Waals surface area contributed by atoms with Gasteiger partial charge < -0.3 is 15.2 Å². The highest BCUT2D eigenvalue weighted by atomic mass is 16.5. The number of ether oxygens (including phenoxy) is 1. The first-order valence-electron chi connectivity index (χ1n) is 8.53. The van der Waals surface area contributed by atoms with E-state index in [1.807, 2.05) is 0 Å². The van der Waals surface area contributed by atoms with E-state index in [2.05, 4.69) is 17.1 Å². The molecule has 116 valence electrons. The molecule has 2 N–H and O–H groups in total. The lowest BCUT2D eigenvalue weighted by molar-refractivity contribution is -0.0159. The van der Waals surface area contributed by atoms with E-state index in [1.165, 1.54) is 19.3 Å². The molecule has 4 unspecified atom stereocenters. The van der Waals surface area contributed by atoms with E-state index in [1.54, 1.807) is 0 Å². The Kier molecular flexibility index (Phi) is 4.97. The fourth-order valence-corrected chi connectivity index (χ4v) is 4.39. The summed E-state index contributed by atoms with van der Waals surface area (Å²) in [5.41, 5.74) is 0. The van der Waals surface area contributed by atoms with E-state index in [0.29, 0.717) is 24.0 Å². The monoisotopic (exact) mass is 282 g/mol. The molecule has 0 aromatic carbocycles. The van der Waals surface area contributed by atoms with Gasteiger partial charge in [-0.2, -0.15) is 0 Å². The molecule has 4 nitrogen and oxygen atoms in total. The zero-order valence-electron chi connectivity index (χ0n) is 12.8. The summed E-state index contributed by atoms with van der Waals surface area (Å²) in [6, 6.07) is 1.87. The quantitative estimate of drug-likeness (QED) is 0.799. The minimum atomic E-state index is -0.0552. The number of fused-ring (bicyclic) bond motifs is 2. The Morgan fingerprint density at radius 3 is 2.65 bits per heavy atom. The molecule has 2 bridgehead atoms. The molecule has 3 saturated heterocycles. The van der Waals surface area contributed by atoms with Gasteiger partial charge in [-0.1, -0.05) is 6.92 Å². The van der Waals surface area contributed by atoms with E-state index in [4.69, 9.17) is 4.74 Å². The molecule has 3 heterocycles. The molecule has 0 aliphatic carbocycles. The van der Waals surface area contributed by atoms with Crippen LogP contribution in [0.2, 0.25) is 0 Å². The van der Waals surface area contributed by atoms with Crippen molar-refractivity contribution < 1.29 is 9.84 Å². The summed E-state index contributed by atoms with van der Waals surface area (Å²) in [6.07, 6.45) is 6.82. The number of piperidine rings is 1. The zero-order valence-corrected chi connectivity index (χ0v) is 12.8. The number of hydrogen-bond acceptors (Lipinski definition) is 4. The van der Waals surface area contributed by atoms with Crippen LogP contribution < -0.4 is 5.32 Å². The van der Waals surface area contributed by atoms with Crippen LogP contribution in [0.5, 0.6) is 0 Å². The van der Waals surface area contributed by atoms with Gasteiger partial charge in [-0.15, -0.1) is 0 Å². The number of rotatable bonds is 5. The Hall–Kier alpha value is -0.160. The van der Waals surface area contributed by atoms with Crippen LogP contribution in [-0.4, -0.2) is 60.5 Å². The Balaban J connectivity index is 1.58. The van der Waals surface area contributed by atoms with E-state index in [-0.39, 0.29) is 6.10 Å². The number of aliphatic hydroxyl groups excluding tert-OH is 1. The lowest BCUT2D eigenvalue weighted by Crippen LogP contribution is -2.52. The molecule has 0 saturated carbocycles. The van der Waals surface area contributed by atoms with Gasteiger partial charge in [-0.25, -0.2) is 0 Å². The van der Waals surface area contributed by atoms with Crippen LogP contribution in [0.4, 0.5) is 0 Å². The Labute approximate surface area is 122 Å². The second kappa shape index (κ2) is 6.73. The predicted octanol–water partition coefficient (Wildman–Crippen LogP) is 1.38. The first-order valence-corrected chi connectivity index (χ1v) is 8.53. The third-order valence-corrected chi connectivity index (χ3v) is 5.44. The van der Waals surface area contributed by atoms with Gasteiger partial charge in [-0.3, -0.25) is 4.90 Å². The van der Waals surface area contributed by atoms with Crippen LogP contribution >= 0.6 is 0 Å². The van der Waals surface area contributed by atoms with Crippen molar-refractivity contribution >= 4 is 0 Å². The summed E-state index contributed by atoms with van der Waals surface area (Å²) in [5.74, 6) is 0.619. The van der Waals surface area contributed by atoms with Crippen LogP contribution in [0.3, 0.4) is 0 Å². The molecule has 4 heteroatoms. The fourth-order valence-electron chi connectivity index (χ4n) is 4.39. The van der Waals surface area contributed by atoms with Crippen molar-refractivity contribution in [3.63, 3.8) is 0 Å². The van der Waals surface area contributed by atoms with Crippen LogP contribution in [0, 0.1) is 5.92 Å². The Morgan fingerprint density at radius 2 is 1.95 bits per heavy atom. The van der Waals surface area contributed by atoms with Gasteiger partial charge in [0.05, 0.1) is 12.7 Å². The highest BCUT2D eigenvalue weighted by molar-refractivity contribution is 4.97. The lowest BCUT2D eigenvalue weighted by Gasteiger charge is -2.42. The lowest BCUT2D eigenvalue weighted by atomic mass is 9.92. The van der Waals surface area contributed by atoms with E-state index >= 15 is 0 Å². The van der Waals surface area contributed by atoms with Gasteiger partial charge >= 0.3 is 0 Å². The average molecular weight is 282 g/mol. The first-order chi connectivity index (χ1) is 9.78. The van der Waals surface area contributed by atoms with Crippen LogP contribution in [0.1, 0.15) is 45.4 Å². The van der Waals surface area contributed by atoms with Crippen molar-refractivity contribution in [2.75, 3.05) is 26.3 Å². The standard InChI is InChI=1S/C16H30N2O2/c1-2-6-17-16-5-7-20-11-12(16)10-18-13-3-4-14(18)9-15(19)8-13/h12-17,19H,2-11H2,1H3. The second-order valence-electron chi connectivity index (χ2n) is 6.89. The molecular weight excluding hydrogens is 252 g/mol. The maximum atomic E-state index is 9.92. The predicted molar refractivity (Wildman–Crippen MR) is 79.8 cm³/mol. The minimum absolute atomic E-state index is 0.0552. The molecule has 4 atom stereocenters. The van der Waals surface area contributed by atoms with Crippen LogP contribution in [-0.2, 0) is 4.74 Å². The fraction of sp³-hybridized carbons (Fsp3) is 1.00. The second-order valence-corrected chi connectivity index (χ2v) is 6.89. The number of aliphatic hydroxyl groups is 1. The van der Waals surface area contributed by atoms with Crippen molar-refractivity contribution in [2.24, 2.45) is 5.92 Å². The van der Waals surface area contributed by atoms with E-state index in [9.17, 15) is 5.11 Å². The molecule has 0 aromatic rings. The SMILES string of the molecule is CCCNC1CCOCC1CN1C2CCC1CC(O)C2. The number of nitrogens with zero attached hydrogens (tertiary/aromatic N) is 1. The van der Waals surface area contributed by atoms with Crippen molar-refractivity contribution in [1.29, 1.82) is 0 Å². The molecule has 0 amide bonds. The molecule has 3 fully saturated rings. The smallest absolute Gasteiger partial charge is 0.0570 e. The van der Waals surface area contributed by atoms with Gasteiger partial charge in [0.25, 0.3) is 0 Å². The largest absolute Gasteiger partial charge is 0.393 e. The number of nitrogens with one attached hydrogen (secondary N) is 1. The summed E-state index contributed by atoms with van der Waals surface area (Å²) in [4.78, 5) is 2.69. The Bertz CT molecular complexity index is 299. The Morgan fingerprint density at radius 1 is 1.20 bits per heavy atom. The van der Waals surface area contributed by atoms with Gasteiger partial charge in [0.2, 0.25) is 0 Å². The highest BCUT2D eigenvalue weighted by Gasteiger charge is 2.41. The summed E-state index contributed by atoms with van der Waals surface area (Å²) < 4.78 is 5.73. The van der Waals surface area contributed by atoms with E-state index < -0.39 is 0 Å². The van der Waals surface area contributed by atoms with Crippen LogP contribution in [0.25, 0.3) is 0 Å². The third-order valence-electron chi connectivity index (χ3n) is 5.44. The molecule has 0 spiro atoms. The molecule has 0 aromatic heterocycles. The third kappa shape index (κ3) is 3.19. The maximum Gasteiger partial charge on any atom is 0.0570 e. The summed E-state index contributed by atoms with van der Waals surface area (Å²) in [7, 11) is 0. The average Bonchev–Trinajstić information content (AvgIpc) is 2.69. The van der Waals surface area contributed by atoms with Crippen molar-refractivity contribution in [3.8, 4) is 0 Å². The van der Waals surface area contributed by atoms with E-state index in [0.717, 1.165) is 45.6 Å². The molecular formula is C16H30N2O2. The van der Waals surface area contributed by atoms with Crippen molar-refractivity contribution in [2.45, 2.75) is 69.7 Å². The first kappa shape index (κ1) is 14.8. The van der Waals surface area contributed by atoms with Crippen molar-refractivity contribution in [1.82, 2.24) is 10.2 Å². The summed E-state index contributed by atoms with van der Waals surface area (Å²) in [5, 5.41) is 13.6. The minimum Gasteiger partial charge on any atom is -0.393 e. The van der Waals surface area contributed by atoms with Crippen molar-refractivity contribution in [3.05, 3.63) is 0 Å². The maximum absolute atomic E-state index is 9.92. The number of hydrogen-bond donors (Lipinski definition) is 2. The molecule has 3 rings (SSSR count). The van der Waals surface area contributed by atoms with Gasteiger partial charge in [0.15, 0.2) is 0 Å². The molecule has 0 radical (unpaired) electrons. The highest BCUT2D eigenvalue weighted by Crippen LogP contribution is 2.36. The van der Waals surface area contributed by atoms with Gasteiger partial charge in [0.1, 0.15) is 0 Å². The zero-order chi connectivity index (χ0) is 13.9. The molecule has 3 aliphatic rings. The van der Waals surface area contributed by atoms with Gasteiger partial charge in [-0.05, 0) is 45.1 Å². The van der Waals surface area contributed by atoms with Crippen LogP contribution in [0.15, 0.2) is 0 Å². The van der Waals surface area contributed by atoms with Gasteiger partial charge in [0, 0.05) is 37.2 Å². The topological polar surface area (TPSA) is 44.7 Å². The normalized spacial score (nSPS) is 42.0. The summed E-state index contributed by atoms with van der Waals surface area (Å²) >= 11 is 0.